The second-order valence-electron chi connectivity index (χ2n) is 2.66. The van der Waals surface area contributed by atoms with Crippen molar-refractivity contribution in [3.05, 3.63) is 28.6 Å². The molecule has 0 saturated carbocycles. The average molecular weight is 244 g/mol. The molecule has 0 amide bonds. The van der Waals surface area contributed by atoms with Gasteiger partial charge in [0.05, 0.1) is 17.2 Å². The van der Waals surface area contributed by atoms with Crippen LogP contribution in [0.25, 0.3) is 10.9 Å². The number of hydrogen-bond acceptors (Lipinski definition) is 1. The molecule has 0 spiro atoms. The summed E-state index contributed by atoms with van der Waals surface area (Å²) in [7, 11) is 1.45. The van der Waals surface area contributed by atoms with Crippen molar-refractivity contribution in [1.82, 2.24) is 4.98 Å². The summed E-state index contributed by atoms with van der Waals surface area (Å²) in [6.07, 6.45) is 0. The predicted octanol–water partition coefficient (Wildman–Crippen LogP) is 3.08. The normalized spacial score (nSPS) is 10.7. The maximum Gasteiger partial charge on any atom is 0.178 e. The molecular weight excluding hydrogens is 237 g/mol. The van der Waals surface area contributed by atoms with Gasteiger partial charge in [-0.05, 0) is 34.1 Å². The van der Waals surface area contributed by atoms with Crippen LogP contribution in [-0.2, 0) is 0 Å². The highest BCUT2D eigenvalue weighted by molar-refractivity contribution is 9.10. The van der Waals surface area contributed by atoms with E-state index in [-0.39, 0.29) is 11.6 Å². The van der Waals surface area contributed by atoms with E-state index in [9.17, 15) is 4.39 Å². The lowest BCUT2D eigenvalue weighted by atomic mass is 10.2. The maximum absolute atomic E-state index is 13.2. The van der Waals surface area contributed by atoms with Crippen molar-refractivity contribution in [2.75, 3.05) is 7.11 Å². The Hall–Kier alpha value is -1.03. The molecule has 1 N–H and O–H groups in total. The van der Waals surface area contributed by atoms with E-state index in [2.05, 4.69) is 20.9 Å². The average Bonchev–Trinajstić information content (AvgIpc) is 2.45. The fraction of sp³-hybridized carbons (Fsp3) is 0.111. The zero-order chi connectivity index (χ0) is 9.42. The van der Waals surface area contributed by atoms with Gasteiger partial charge in [-0.15, -0.1) is 0 Å². The molecule has 0 radical (unpaired) electrons. The van der Waals surface area contributed by atoms with E-state index >= 15 is 0 Å². The first-order valence-corrected chi connectivity index (χ1v) is 4.52. The minimum Gasteiger partial charge on any atom is -0.492 e. The highest BCUT2D eigenvalue weighted by atomic mass is 79.9. The monoisotopic (exact) mass is 243 g/mol. The van der Waals surface area contributed by atoms with Gasteiger partial charge in [0, 0.05) is 5.39 Å². The minimum absolute atomic E-state index is 0.253. The Morgan fingerprint density at radius 1 is 1.46 bits per heavy atom. The largest absolute Gasteiger partial charge is 0.492 e. The third-order valence-corrected chi connectivity index (χ3v) is 2.30. The minimum atomic E-state index is -0.357. The Bertz CT molecular complexity index is 452. The van der Waals surface area contributed by atoms with Crippen LogP contribution >= 0.6 is 15.9 Å². The van der Waals surface area contributed by atoms with Crippen LogP contribution < -0.4 is 4.74 Å². The van der Waals surface area contributed by atoms with E-state index in [1.165, 1.54) is 13.2 Å². The van der Waals surface area contributed by atoms with Gasteiger partial charge in [-0.2, -0.15) is 0 Å². The van der Waals surface area contributed by atoms with Gasteiger partial charge in [-0.3, -0.25) is 0 Å². The molecule has 0 aliphatic rings. The number of aromatic amines is 1. The zero-order valence-electron chi connectivity index (χ0n) is 6.90. The first kappa shape index (κ1) is 8.56. The van der Waals surface area contributed by atoms with Crippen LogP contribution in [-0.4, -0.2) is 12.1 Å². The van der Waals surface area contributed by atoms with Crippen LogP contribution in [0.15, 0.2) is 22.8 Å². The SMILES string of the molecule is COc1c(F)ccc2cc(Br)[nH]c12. The van der Waals surface area contributed by atoms with Crippen LogP contribution in [0, 0.1) is 5.82 Å². The summed E-state index contributed by atoms with van der Waals surface area (Å²) in [6, 6.07) is 4.97. The molecule has 0 aliphatic heterocycles. The standard InChI is InChI=1S/C9H7BrFNO/c1-13-9-6(11)3-2-5-4-7(10)12-8(5)9/h2-4,12H,1H3. The van der Waals surface area contributed by atoms with Gasteiger partial charge in [-0.25, -0.2) is 4.39 Å². The van der Waals surface area contributed by atoms with Crippen LogP contribution in [0.4, 0.5) is 4.39 Å². The summed E-state index contributed by atoms with van der Waals surface area (Å²) < 4.78 is 18.9. The van der Waals surface area contributed by atoms with E-state index in [0.717, 1.165) is 9.99 Å². The van der Waals surface area contributed by atoms with Gasteiger partial charge in [0.25, 0.3) is 0 Å². The smallest absolute Gasteiger partial charge is 0.178 e. The molecule has 4 heteroatoms. The fourth-order valence-corrected chi connectivity index (χ4v) is 1.76. The van der Waals surface area contributed by atoms with Gasteiger partial charge >= 0.3 is 0 Å². The molecule has 0 atom stereocenters. The summed E-state index contributed by atoms with van der Waals surface area (Å²) >= 11 is 3.28. The Balaban J connectivity index is 2.82. The van der Waals surface area contributed by atoms with Crippen LogP contribution in [0.3, 0.4) is 0 Å². The molecular formula is C9H7BrFNO. The molecule has 0 bridgehead atoms. The van der Waals surface area contributed by atoms with Crippen LogP contribution in [0.2, 0.25) is 0 Å². The predicted molar refractivity (Wildman–Crippen MR) is 52.5 cm³/mol. The number of benzene rings is 1. The Morgan fingerprint density at radius 3 is 2.92 bits per heavy atom. The number of hydrogen-bond donors (Lipinski definition) is 1. The third kappa shape index (κ3) is 1.31. The van der Waals surface area contributed by atoms with Crippen LogP contribution in [0.1, 0.15) is 0 Å². The van der Waals surface area contributed by atoms with Crippen molar-refractivity contribution < 1.29 is 9.13 Å². The lowest BCUT2D eigenvalue weighted by Gasteiger charge is -2.01. The first-order chi connectivity index (χ1) is 6.22. The number of ether oxygens (including phenoxy) is 1. The van der Waals surface area contributed by atoms with Crippen molar-refractivity contribution in [3.8, 4) is 5.75 Å². The molecule has 0 aliphatic carbocycles. The molecule has 0 fully saturated rings. The second-order valence-corrected chi connectivity index (χ2v) is 3.52. The molecule has 2 aromatic rings. The van der Waals surface area contributed by atoms with Gasteiger partial charge < -0.3 is 9.72 Å². The van der Waals surface area contributed by atoms with Crippen molar-refractivity contribution in [2.45, 2.75) is 0 Å². The van der Waals surface area contributed by atoms with E-state index < -0.39 is 0 Å². The quantitative estimate of drug-likeness (QED) is 0.819. The van der Waals surface area contributed by atoms with E-state index in [0.29, 0.717) is 5.52 Å². The number of methoxy groups -OCH3 is 1. The molecule has 0 saturated heterocycles. The molecule has 1 aromatic carbocycles. The van der Waals surface area contributed by atoms with Gasteiger partial charge in [0.2, 0.25) is 0 Å². The third-order valence-electron chi connectivity index (χ3n) is 1.87. The highest BCUT2D eigenvalue weighted by Gasteiger charge is 2.09. The van der Waals surface area contributed by atoms with Crippen LogP contribution in [0.5, 0.6) is 5.75 Å². The molecule has 2 rings (SSSR count). The summed E-state index contributed by atoms with van der Waals surface area (Å²) in [6.45, 7) is 0. The Kier molecular flexibility index (Phi) is 2.00. The number of fused-ring (bicyclic) bond motifs is 1. The summed E-state index contributed by atoms with van der Waals surface area (Å²) in [5.41, 5.74) is 0.675. The van der Waals surface area contributed by atoms with Gasteiger partial charge in [0.15, 0.2) is 11.6 Å². The molecule has 0 unspecified atom stereocenters. The van der Waals surface area contributed by atoms with Crippen molar-refractivity contribution in [2.24, 2.45) is 0 Å². The lowest BCUT2D eigenvalue weighted by molar-refractivity contribution is 0.391. The van der Waals surface area contributed by atoms with E-state index in [1.54, 1.807) is 6.07 Å². The molecule has 2 nitrogen and oxygen atoms in total. The number of H-pyrrole nitrogens is 1. The highest BCUT2D eigenvalue weighted by Crippen LogP contribution is 2.29. The number of halogens is 2. The van der Waals surface area contributed by atoms with E-state index in [1.807, 2.05) is 6.07 Å². The topological polar surface area (TPSA) is 25.0 Å². The lowest BCUT2D eigenvalue weighted by Crippen LogP contribution is -1.88. The Labute approximate surface area is 82.8 Å². The van der Waals surface area contributed by atoms with Gasteiger partial charge in [-0.1, -0.05) is 0 Å². The molecule has 68 valence electrons. The van der Waals surface area contributed by atoms with Gasteiger partial charge in [0.1, 0.15) is 0 Å². The summed E-state index contributed by atoms with van der Waals surface area (Å²) in [5.74, 6) is -0.104. The number of rotatable bonds is 1. The summed E-state index contributed by atoms with van der Waals surface area (Å²) in [4.78, 5) is 2.97. The molecule has 1 aromatic heterocycles. The Morgan fingerprint density at radius 2 is 2.23 bits per heavy atom. The molecule has 13 heavy (non-hydrogen) atoms. The number of nitrogens with one attached hydrogen (secondary N) is 1. The number of aromatic nitrogens is 1. The van der Waals surface area contributed by atoms with Crippen molar-refractivity contribution >= 4 is 26.8 Å². The fourth-order valence-electron chi connectivity index (χ4n) is 1.31. The summed E-state index contributed by atoms with van der Waals surface area (Å²) in [5, 5.41) is 0.921. The maximum atomic E-state index is 13.2. The van der Waals surface area contributed by atoms with E-state index in [4.69, 9.17) is 4.74 Å². The van der Waals surface area contributed by atoms with Crippen molar-refractivity contribution in [3.63, 3.8) is 0 Å². The second kappa shape index (κ2) is 3.03. The zero-order valence-corrected chi connectivity index (χ0v) is 8.48. The first-order valence-electron chi connectivity index (χ1n) is 3.73. The van der Waals surface area contributed by atoms with Crippen molar-refractivity contribution in [1.29, 1.82) is 0 Å². The molecule has 1 heterocycles.